The Bertz CT molecular complexity index is 570. The molecule has 0 aromatic heterocycles. The average Bonchev–Trinajstić information content (AvgIpc) is 2.73. The van der Waals surface area contributed by atoms with Gasteiger partial charge in [-0.3, -0.25) is 0 Å². The lowest BCUT2D eigenvalue weighted by atomic mass is 9.87. The van der Waals surface area contributed by atoms with Crippen LogP contribution in [-0.4, -0.2) is 0 Å². The van der Waals surface area contributed by atoms with Gasteiger partial charge in [-0.25, -0.2) is 0 Å². The molecule has 0 bridgehead atoms. The van der Waals surface area contributed by atoms with E-state index in [1.54, 1.807) is 0 Å². The minimum absolute atomic E-state index is 0.437. The summed E-state index contributed by atoms with van der Waals surface area (Å²) in [7, 11) is 0. The fourth-order valence-corrected chi connectivity index (χ4v) is 2.82. The highest BCUT2D eigenvalue weighted by atomic mass is 14.2. The van der Waals surface area contributed by atoms with Crippen LogP contribution in [-0.2, 0) is 0 Å². The Kier molecular flexibility index (Phi) is 2.36. The fourth-order valence-electron chi connectivity index (χ4n) is 2.82. The van der Waals surface area contributed by atoms with Gasteiger partial charge in [0.1, 0.15) is 0 Å². The third-order valence-electron chi connectivity index (χ3n) is 3.65. The molecule has 2 aromatic rings. The van der Waals surface area contributed by atoms with Crippen LogP contribution in [0.15, 0.2) is 48.5 Å². The van der Waals surface area contributed by atoms with Gasteiger partial charge in [0.05, 0.1) is 0 Å². The van der Waals surface area contributed by atoms with Gasteiger partial charge in [0.2, 0.25) is 0 Å². The van der Waals surface area contributed by atoms with Gasteiger partial charge in [-0.05, 0) is 41.7 Å². The number of hydrogen-bond donors (Lipinski definition) is 0. The van der Waals surface area contributed by atoms with E-state index in [9.17, 15) is 0 Å². The van der Waals surface area contributed by atoms with E-state index in [2.05, 4.69) is 68.5 Å². The Hall–Kier alpha value is -1.82. The van der Waals surface area contributed by atoms with E-state index >= 15 is 0 Å². The van der Waals surface area contributed by atoms with Gasteiger partial charge in [-0.2, -0.15) is 0 Å². The second-order valence-electron chi connectivity index (χ2n) is 4.77. The zero-order valence-electron chi connectivity index (χ0n) is 10.3. The van der Waals surface area contributed by atoms with Crippen LogP contribution in [0.5, 0.6) is 0 Å². The zero-order valence-corrected chi connectivity index (χ0v) is 10.3. The van der Waals surface area contributed by atoms with Crippen LogP contribution in [0.25, 0.3) is 6.08 Å². The highest BCUT2D eigenvalue weighted by Gasteiger charge is 2.21. The first kappa shape index (κ1) is 10.3. The maximum Gasteiger partial charge on any atom is 0.0283 e. The molecule has 1 aliphatic carbocycles. The molecular weight excluding hydrogens is 204 g/mol. The molecule has 0 spiro atoms. The number of fused-ring (bicyclic) bond motifs is 1. The van der Waals surface area contributed by atoms with Crippen LogP contribution in [0.2, 0.25) is 0 Å². The number of rotatable bonds is 1. The molecule has 1 atom stereocenters. The second kappa shape index (κ2) is 3.89. The van der Waals surface area contributed by atoms with Gasteiger partial charge in [0.25, 0.3) is 0 Å². The number of aryl methyl sites for hydroxylation is 2. The van der Waals surface area contributed by atoms with Gasteiger partial charge in [0.15, 0.2) is 0 Å². The Morgan fingerprint density at radius 3 is 2.29 bits per heavy atom. The van der Waals surface area contributed by atoms with Crippen LogP contribution < -0.4 is 0 Å². The van der Waals surface area contributed by atoms with Crippen molar-refractivity contribution in [1.29, 1.82) is 0 Å². The summed E-state index contributed by atoms with van der Waals surface area (Å²) in [6.07, 6.45) is 4.56. The largest absolute Gasteiger partial charge is 0.0720 e. The summed E-state index contributed by atoms with van der Waals surface area (Å²) in [5.41, 5.74) is 7.03. The van der Waals surface area contributed by atoms with E-state index in [0.717, 1.165) is 0 Å². The van der Waals surface area contributed by atoms with Crippen molar-refractivity contribution in [3.63, 3.8) is 0 Å². The predicted octanol–water partition coefficient (Wildman–Crippen LogP) is 4.46. The third kappa shape index (κ3) is 1.61. The maximum absolute atomic E-state index is 2.32. The van der Waals surface area contributed by atoms with Crippen molar-refractivity contribution in [2.45, 2.75) is 19.8 Å². The first-order valence-corrected chi connectivity index (χ1v) is 6.10. The fraction of sp³-hybridized carbons (Fsp3) is 0.176. The molecule has 0 nitrogen and oxygen atoms in total. The van der Waals surface area contributed by atoms with Crippen LogP contribution in [0, 0.1) is 13.8 Å². The molecule has 0 heteroatoms. The normalized spacial score (nSPS) is 17.2. The SMILES string of the molecule is Cc1cccc(C)c1C1C=Cc2ccccc21. The maximum atomic E-state index is 2.32. The van der Waals surface area contributed by atoms with Crippen molar-refractivity contribution in [3.8, 4) is 0 Å². The molecule has 17 heavy (non-hydrogen) atoms. The average molecular weight is 220 g/mol. The molecule has 3 rings (SSSR count). The summed E-state index contributed by atoms with van der Waals surface area (Å²) < 4.78 is 0. The second-order valence-corrected chi connectivity index (χ2v) is 4.77. The molecule has 0 heterocycles. The molecule has 1 aliphatic rings. The van der Waals surface area contributed by atoms with Gasteiger partial charge in [0, 0.05) is 5.92 Å². The summed E-state index contributed by atoms with van der Waals surface area (Å²) in [5.74, 6) is 0.437. The number of allylic oxidation sites excluding steroid dienone is 1. The number of benzene rings is 2. The third-order valence-corrected chi connectivity index (χ3v) is 3.65. The van der Waals surface area contributed by atoms with Crippen molar-refractivity contribution in [3.05, 3.63) is 76.4 Å². The highest BCUT2D eigenvalue weighted by Crippen LogP contribution is 2.37. The molecule has 0 N–H and O–H groups in total. The summed E-state index contributed by atoms with van der Waals surface area (Å²) in [6.45, 7) is 4.41. The van der Waals surface area contributed by atoms with Crippen LogP contribution in [0.1, 0.15) is 33.7 Å². The lowest BCUT2D eigenvalue weighted by Crippen LogP contribution is -2.01. The predicted molar refractivity (Wildman–Crippen MR) is 73.2 cm³/mol. The molecule has 0 saturated heterocycles. The van der Waals surface area contributed by atoms with Crippen molar-refractivity contribution in [1.82, 2.24) is 0 Å². The number of hydrogen-bond acceptors (Lipinski definition) is 0. The Labute approximate surface area is 103 Å². The molecule has 84 valence electrons. The van der Waals surface area contributed by atoms with Crippen molar-refractivity contribution >= 4 is 6.08 Å². The zero-order chi connectivity index (χ0) is 11.8. The summed E-state index contributed by atoms with van der Waals surface area (Å²) in [6, 6.07) is 15.2. The van der Waals surface area contributed by atoms with E-state index in [0.29, 0.717) is 5.92 Å². The van der Waals surface area contributed by atoms with Crippen LogP contribution in [0.4, 0.5) is 0 Å². The summed E-state index contributed by atoms with van der Waals surface area (Å²) >= 11 is 0. The highest BCUT2D eigenvalue weighted by molar-refractivity contribution is 5.66. The van der Waals surface area contributed by atoms with E-state index in [-0.39, 0.29) is 0 Å². The minimum atomic E-state index is 0.437. The molecule has 0 aliphatic heterocycles. The molecule has 2 aromatic carbocycles. The van der Waals surface area contributed by atoms with Gasteiger partial charge in [-0.15, -0.1) is 0 Å². The van der Waals surface area contributed by atoms with Crippen molar-refractivity contribution in [2.75, 3.05) is 0 Å². The quantitative estimate of drug-likeness (QED) is 0.665. The van der Waals surface area contributed by atoms with E-state index in [1.165, 1.54) is 27.8 Å². The topological polar surface area (TPSA) is 0 Å². The molecule has 0 fully saturated rings. The lowest BCUT2D eigenvalue weighted by molar-refractivity contribution is 1.01. The molecule has 0 radical (unpaired) electrons. The standard InChI is InChI=1S/C17H16/c1-12-6-5-7-13(2)17(12)16-11-10-14-8-3-4-9-15(14)16/h3-11,16H,1-2H3. The van der Waals surface area contributed by atoms with Crippen LogP contribution >= 0.6 is 0 Å². The Balaban J connectivity index is 2.17. The summed E-state index contributed by atoms with van der Waals surface area (Å²) in [4.78, 5) is 0. The van der Waals surface area contributed by atoms with Gasteiger partial charge >= 0.3 is 0 Å². The van der Waals surface area contributed by atoms with Crippen molar-refractivity contribution in [2.24, 2.45) is 0 Å². The first-order chi connectivity index (χ1) is 8.27. The van der Waals surface area contributed by atoms with Crippen LogP contribution in [0.3, 0.4) is 0 Å². The van der Waals surface area contributed by atoms with Gasteiger partial charge in [-0.1, -0.05) is 54.6 Å². The van der Waals surface area contributed by atoms with E-state index in [1.807, 2.05) is 0 Å². The van der Waals surface area contributed by atoms with Gasteiger partial charge < -0.3 is 0 Å². The molecular formula is C17H16. The monoisotopic (exact) mass is 220 g/mol. The summed E-state index contributed by atoms with van der Waals surface area (Å²) in [5, 5.41) is 0. The smallest absolute Gasteiger partial charge is 0.0283 e. The van der Waals surface area contributed by atoms with E-state index < -0.39 is 0 Å². The molecule has 1 unspecified atom stereocenters. The minimum Gasteiger partial charge on any atom is -0.0720 e. The molecule has 0 saturated carbocycles. The Morgan fingerprint density at radius 1 is 0.824 bits per heavy atom. The van der Waals surface area contributed by atoms with Crippen molar-refractivity contribution < 1.29 is 0 Å². The first-order valence-electron chi connectivity index (χ1n) is 6.10. The van der Waals surface area contributed by atoms with E-state index in [4.69, 9.17) is 0 Å². The lowest BCUT2D eigenvalue weighted by Gasteiger charge is -2.17. The molecule has 0 amide bonds. The Morgan fingerprint density at radius 2 is 1.53 bits per heavy atom.